The van der Waals surface area contributed by atoms with Gasteiger partial charge in [0.2, 0.25) is 23.6 Å². The van der Waals surface area contributed by atoms with Crippen molar-refractivity contribution in [3.8, 4) is 0 Å². The van der Waals surface area contributed by atoms with E-state index in [2.05, 4.69) is 30.7 Å². The minimum Gasteiger partial charge on any atom is -0.469 e. The summed E-state index contributed by atoms with van der Waals surface area (Å²) in [7, 11) is 2.73. The summed E-state index contributed by atoms with van der Waals surface area (Å²) in [5.74, 6) is -0.367. The highest BCUT2D eigenvalue weighted by Gasteiger charge is 2.06. The van der Waals surface area contributed by atoms with E-state index in [1.54, 1.807) is 0 Å². The van der Waals surface area contributed by atoms with Gasteiger partial charge in [0.1, 0.15) is 0 Å². The summed E-state index contributed by atoms with van der Waals surface area (Å²) in [6.45, 7) is 2.43. The van der Waals surface area contributed by atoms with Crippen molar-refractivity contribution in [2.45, 2.75) is 128 Å². The first-order valence-corrected chi connectivity index (χ1v) is 16.5. The van der Waals surface area contributed by atoms with Crippen molar-refractivity contribution in [1.29, 1.82) is 0 Å². The number of hydrogen-bond acceptors (Lipinski definition) is 8. The molecule has 0 aromatic heterocycles. The summed E-state index contributed by atoms with van der Waals surface area (Å²) in [5.41, 5.74) is 0. The number of nitrogens with one attached hydrogen (secondary N) is 4. The van der Waals surface area contributed by atoms with Crippen LogP contribution in [0.4, 0.5) is 0 Å². The molecule has 12 heteroatoms. The van der Waals surface area contributed by atoms with Gasteiger partial charge in [0.15, 0.2) is 0 Å². The van der Waals surface area contributed by atoms with E-state index in [9.17, 15) is 28.8 Å². The zero-order valence-electron chi connectivity index (χ0n) is 27.2. The zero-order chi connectivity index (χ0) is 32.7. The molecule has 12 nitrogen and oxygen atoms in total. The maximum atomic E-state index is 12.0. The highest BCUT2D eigenvalue weighted by atomic mass is 16.5. The summed E-state index contributed by atoms with van der Waals surface area (Å²) in [6, 6.07) is 0. The Labute approximate surface area is 263 Å². The van der Waals surface area contributed by atoms with Gasteiger partial charge in [-0.05, 0) is 64.2 Å². The Morgan fingerprint density at radius 2 is 0.568 bits per heavy atom. The van der Waals surface area contributed by atoms with E-state index in [0.717, 1.165) is 77.0 Å². The summed E-state index contributed by atoms with van der Waals surface area (Å²) < 4.78 is 9.16. The average molecular weight is 627 g/mol. The lowest BCUT2D eigenvalue weighted by molar-refractivity contribution is -0.141. The number of unbranched alkanes of at least 4 members (excludes halogenated alkanes) is 9. The van der Waals surface area contributed by atoms with E-state index in [-0.39, 0.29) is 35.6 Å². The minimum absolute atomic E-state index is 0.0161. The number of hydrogen-bond donors (Lipinski definition) is 4. The van der Waals surface area contributed by atoms with Crippen molar-refractivity contribution < 1.29 is 38.2 Å². The first-order chi connectivity index (χ1) is 21.3. The largest absolute Gasteiger partial charge is 0.469 e. The molecule has 4 amide bonds. The maximum Gasteiger partial charge on any atom is 0.305 e. The van der Waals surface area contributed by atoms with Gasteiger partial charge in [-0.2, -0.15) is 0 Å². The molecule has 0 heterocycles. The Morgan fingerprint density at radius 1 is 0.341 bits per heavy atom. The van der Waals surface area contributed by atoms with Gasteiger partial charge >= 0.3 is 11.9 Å². The lowest BCUT2D eigenvalue weighted by Gasteiger charge is -2.07. The van der Waals surface area contributed by atoms with Crippen molar-refractivity contribution in [3.63, 3.8) is 0 Å². The van der Waals surface area contributed by atoms with Crippen LogP contribution < -0.4 is 21.3 Å². The highest BCUT2D eigenvalue weighted by Crippen LogP contribution is 2.04. The highest BCUT2D eigenvalue weighted by molar-refractivity contribution is 5.77. The quantitative estimate of drug-likeness (QED) is 0.0721. The van der Waals surface area contributed by atoms with Crippen molar-refractivity contribution in [2.24, 2.45) is 0 Å². The second kappa shape index (κ2) is 29.9. The molecule has 0 fully saturated rings. The average Bonchev–Trinajstić information content (AvgIpc) is 3.01. The molecule has 0 aliphatic rings. The number of rotatable bonds is 29. The molecule has 0 aromatic rings. The van der Waals surface area contributed by atoms with Gasteiger partial charge in [-0.1, -0.05) is 25.7 Å². The molecule has 0 spiro atoms. The Hall–Kier alpha value is -3.18. The van der Waals surface area contributed by atoms with E-state index in [1.165, 1.54) is 14.2 Å². The molecule has 0 saturated heterocycles. The normalized spacial score (nSPS) is 10.5. The van der Waals surface area contributed by atoms with Gasteiger partial charge < -0.3 is 30.7 Å². The van der Waals surface area contributed by atoms with Gasteiger partial charge in [0.25, 0.3) is 0 Å². The molecule has 0 aliphatic carbocycles. The molecule has 0 rings (SSSR count). The summed E-state index contributed by atoms with van der Waals surface area (Å²) in [4.78, 5) is 69.6. The first kappa shape index (κ1) is 40.8. The Balaban J connectivity index is 3.45. The molecule has 44 heavy (non-hydrogen) atoms. The van der Waals surface area contributed by atoms with Gasteiger partial charge in [-0.15, -0.1) is 0 Å². The smallest absolute Gasteiger partial charge is 0.305 e. The molecule has 254 valence electrons. The van der Waals surface area contributed by atoms with Gasteiger partial charge in [-0.25, -0.2) is 0 Å². The Kier molecular flexibility index (Phi) is 27.7. The second-order valence-corrected chi connectivity index (χ2v) is 11.0. The summed E-state index contributed by atoms with van der Waals surface area (Å²) in [6.07, 6.45) is 13.8. The second-order valence-electron chi connectivity index (χ2n) is 11.0. The van der Waals surface area contributed by atoms with Gasteiger partial charge in [-0.3, -0.25) is 28.8 Å². The molecular formula is C32H58N4O8. The third kappa shape index (κ3) is 28.9. The van der Waals surface area contributed by atoms with E-state index in [4.69, 9.17) is 0 Å². The number of amides is 4. The standard InChI is InChI=1S/C32H58N4O8/c1-43-31(41)21-10-6-16-26-35-29(39)19-8-4-14-24-33-27(37)17-7-3-13-23-34-28(38)18-9-5-15-25-36-30(40)20-11-12-22-32(42)44-2/h3-26H2,1-2H3,(H,33,37)(H,34,38)(H,35,39)(H,36,40). The fourth-order valence-electron chi connectivity index (χ4n) is 4.36. The van der Waals surface area contributed by atoms with Gasteiger partial charge in [0, 0.05) is 64.7 Å². The molecule has 0 aliphatic heterocycles. The third-order valence-corrected chi connectivity index (χ3v) is 7.08. The fourth-order valence-corrected chi connectivity index (χ4v) is 4.36. The van der Waals surface area contributed by atoms with Crippen LogP contribution in [0.2, 0.25) is 0 Å². The molecule has 0 unspecified atom stereocenters. The Morgan fingerprint density at radius 3 is 0.841 bits per heavy atom. The van der Waals surface area contributed by atoms with Crippen LogP contribution in [0.5, 0.6) is 0 Å². The maximum absolute atomic E-state index is 12.0. The molecule has 0 radical (unpaired) electrons. The summed E-state index contributed by atoms with van der Waals surface area (Å²) >= 11 is 0. The van der Waals surface area contributed by atoms with E-state index in [0.29, 0.717) is 77.5 Å². The molecule has 4 N–H and O–H groups in total. The van der Waals surface area contributed by atoms with E-state index in [1.807, 2.05) is 0 Å². The van der Waals surface area contributed by atoms with Crippen LogP contribution in [0.3, 0.4) is 0 Å². The number of carbonyl (C=O) groups is 6. The van der Waals surface area contributed by atoms with E-state index >= 15 is 0 Å². The first-order valence-electron chi connectivity index (χ1n) is 16.5. The molecular weight excluding hydrogens is 568 g/mol. The number of esters is 2. The van der Waals surface area contributed by atoms with Crippen LogP contribution in [0.15, 0.2) is 0 Å². The Bertz CT molecular complexity index is 822. The summed E-state index contributed by atoms with van der Waals surface area (Å²) in [5, 5.41) is 11.6. The molecule has 0 aromatic carbocycles. The van der Waals surface area contributed by atoms with Gasteiger partial charge in [0.05, 0.1) is 14.2 Å². The lowest BCUT2D eigenvalue weighted by atomic mass is 10.1. The van der Waals surface area contributed by atoms with Crippen molar-refractivity contribution in [1.82, 2.24) is 21.3 Å². The molecule has 0 saturated carbocycles. The minimum atomic E-state index is -0.256. The molecule has 0 bridgehead atoms. The monoisotopic (exact) mass is 626 g/mol. The van der Waals surface area contributed by atoms with Crippen LogP contribution in [-0.4, -0.2) is 76.0 Å². The third-order valence-electron chi connectivity index (χ3n) is 7.08. The number of methoxy groups -OCH3 is 2. The lowest BCUT2D eigenvalue weighted by Crippen LogP contribution is -2.25. The number of carbonyl (C=O) groups excluding carboxylic acids is 6. The zero-order valence-corrected chi connectivity index (χ0v) is 27.2. The SMILES string of the molecule is COC(=O)CCCCCNC(=O)CCCCCNC(=O)CCCCCNC(=O)CCCCCNC(=O)CCCCC(=O)OC. The molecule has 0 atom stereocenters. The van der Waals surface area contributed by atoms with Crippen LogP contribution in [0, 0.1) is 0 Å². The van der Waals surface area contributed by atoms with Crippen LogP contribution in [0.25, 0.3) is 0 Å². The van der Waals surface area contributed by atoms with Crippen molar-refractivity contribution in [3.05, 3.63) is 0 Å². The van der Waals surface area contributed by atoms with E-state index < -0.39 is 0 Å². The van der Waals surface area contributed by atoms with Crippen LogP contribution in [-0.2, 0) is 38.2 Å². The predicted octanol–water partition coefficient (Wildman–Crippen LogP) is 3.60. The topological polar surface area (TPSA) is 169 Å². The number of ether oxygens (including phenoxy) is 2. The predicted molar refractivity (Wildman–Crippen MR) is 168 cm³/mol. The van der Waals surface area contributed by atoms with Crippen LogP contribution in [0.1, 0.15) is 128 Å². The van der Waals surface area contributed by atoms with Crippen molar-refractivity contribution in [2.75, 3.05) is 40.4 Å². The van der Waals surface area contributed by atoms with Crippen molar-refractivity contribution >= 4 is 35.6 Å². The van der Waals surface area contributed by atoms with Crippen LogP contribution >= 0.6 is 0 Å². The fraction of sp³-hybridized carbons (Fsp3) is 0.812.